The molecule has 2 N–H and O–H groups in total. The summed E-state index contributed by atoms with van der Waals surface area (Å²) in [4.78, 5) is 6.78. The number of hydrogen-bond acceptors (Lipinski definition) is 4. The van der Waals surface area contributed by atoms with Crippen LogP contribution in [0.5, 0.6) is 0 Å². The van der Waals surface area contributed by atoms with E-state index in [1.54, 1.807) is 23.5 Å². The van der Waals surface area contributed by atoms with E-state index >= 15 is 0 Å². The Labute approximate surface area is 203 Å². The van der Waals surface area contributed by atoms with Gasteiger partial charge < -0.3 is 15.5 Å². The first-order valence-corrected chi connectivity index (χ1v) is 11.6. The molecule has 1 aliphatic rings. The van der Waals surface area contributed by atoms with Gasteiger partial charge in [-0.3, -0.25) is 4.99 Å². The summed E-state index contributed by atoms with van der Waals surface area (Å²) in [7, 11) is 0.189. The number of halogens is 1. The number of sulfonamides is 1. The normalized spacial score (nSPS) is 16.9. The minimum Gasteiger partial charge on any atom is -0.352 e. The van der Waals surface area contributed by atoms with Gasteiger partial charge in [0.25, 0.3) is 0 Å². The van der Waals surface area contributed by atoms with Crippen molar-refractivity contribution in [3.8, 4) is 0 Å². The average molecular weight is 558 g/mol. The molecule has 0 aliphatic carbocycles. The maximum absolute atomic E-state index is 13.2. The van der Waals surface area contributed by atoms with Crippen molar-refractivity contribution >= 4 is 40.0 Å². The number of piperazine rings is 1. The quantitative estimate of drug-likeness (QED) is 0.325. The molecular weight excluding hydrogens is 525 g/mol. The average Bonchev–Trinajstić information content (AvgIpc) is 2.77. The van der Waals surface area contributed by atoms with Crippen molar-refractivity contribution in [3.63, 3.8) is 0 Å². The lowest BCUT2D eigenvalue weighted by Crippen LogP contribution is -2.47. The second-order valence-electron chi connectivity index (χ2n) is 7.52. The fourth-order valence-electron chi connectivity index (χ4n) is 3.47. The van der Waals surface area contributed by atoms with Crippen LogP contribution in [0.15, 0.2) is 64.5 Å². The molecule has 9 heteroatoms. The monoisotopic (exact) mass is 557 g/mol. The van der Waals surface area contributed by atoms with Gasteiger partial charge in [-0.1, -0.05) is 48.5 Å². The lowest BCUT2D eigenvalue weighted by molar-refractivity contribution is 0.222. The Morgan fingerprint density at radius 1 is 1.03 bits per heavy atom. The molecule has 2 aromatic rings. The van der Waals surface area contributed by atoms with Crippen LogP contribution in [0, 0.1) is 0 Å². The van der Waals surface area contributed by atoms with Crippen molar-refractivity contribution in [2.45, 2.75) is 24.4 Å². The standard InChI is InChI=1S/C22H31N5O2S.HI/c1-18(19-9-5-4-6-10-19)25-22(23-2)24-17-20-11-7-8-12-21(20)30(28,29)27-15-13-26(3)14-16-27;/h4-12,18H,13-17H2,1-3H3,(H2,23,24,25);1H. The highest BCUT2D eigenvalue weighted by atomic mass is 127. The summed E-state index contributed by atoms with van der Waals surface area (Å²) in [6.07, 6.45) is 0. The van der Waals surface area contributed by atoms with Crippen LogP contribution in [0.4, 0.5) is 0 Å². The Morgan fingerprint density at radius 3 is 2.29 bits per heavy atom. The van der Waals surface area contributed by atoms with Crippen LogP contribution in [0.3, 0.4) is 0 Å². The van der Waals surface area contributed by atoms with E-state index in [1.165, 1.54) is 0 Å². The summed E-state index contributed by atoms with van der Waals surface area (Å²) in [5, 5.41) is 6.61. The highest BCUT2D eigenvalue weighted by molar-refractivity contribution is 14.0. The highest BCUT2D eigenvalue weighted by Crippen LogP contribution is 2.21. The molecule has 1 fully saturated rings. The number of nitrogens with one attached hydrogen (secondary N) is 2. The van der Waals surface area contributed by atoms with E-state index in [2.05, 4.69) is 39.6 Å². The van der Waals surface area contributed by atoms with E-state index in [-0.39, 0.29) is 30.0 Å². The minimum absolute atomic E-state index is 0. The Bertz CT molecular complexity index is 961. The second-order valence-corrected chi connectivity index (χ2v) is 9.42. The van der Waals surface area contributed by atoms with Gasteiger partial charge in [-0.25, -0.2) is 8.42 Å². The van der Waals surface area contributed by atoms with E-state index in [9.17, 15) is 8.42 Å². The van der Waals surface area contributed by atoms with Gasteiger partial charge in [-0.2, -0.15) is 4.31 Å². The van der Waals surface area contributed by atoms with E-state index in [0.717, 1.165) is 24.2 Å². The third-order valence-electron chi connectivity index (χ3n) is 5.38. The van der Waals surface area contributed by atoms with Crippen LogP contribution in [-0.4, -0.2) is 63.9 Å². The van der Waals surface area contributed by atoms with Crippen LogP contribution in [-0.2, 0) is 16.6 Å². The number of benzene rings is 2. The van der Waals surface area contributed by atoms with Crippen molar-refractivity contribution in [1.29, 1.82) is 0 Å². The number of nitrogens with zero attached hydrogens (tertiary/aromatic N) is 3. The van der Waals surface area contributed by atoms with Gasteiger partial charge in [-0.15, -0.1) is 24.0 Å². The molecule has 1 heterocycles. The van der Waals surface area contributed by atoms with Gasteiger partial charge in [0, 0.05) is 39.8 Å². The topological polar surface area (TPSA) is 77.0 Å². The molecule has 170 valence electrons. The Hall–Kier alpha value is -1.69. The second kappa shape index (κ2) is 11.8. The Kier molecular flexibility index (Phi) is 9.73. The van der Waals surface area contributed by atoms with Crippen LogP contribution in [0.1, 0.15) is 24.1 Å². The summed E-state index contributed by atoms with van der Waals surface area (Å²) in [5.41, 5.74) is 1.88. The molecule has 0 amide bonds. The Morgan fingerprint density at radius 2 is 1.65 bits per heavy atom. The number of aliphatic imine (C=N–C) groups is 1. The maximum Gasteiger partial charge on any atom is 0.243 e. The SMILES string of the molecule is CN=C(NCc1ccccc1S(=O)(=O)N1CCN(C)CC1)NC(C)c1ccccc1.I. The molecule has 0 bridgehead atoms. The van der Waals surface area contributed by atoms with Crippen LogP contribution in [0.2, 0.25) is 0 Å². The molecule has 1 atom stereocenters. The van der Waals surface area contributed by atoms with E-state index < -0.39 is 10.0 Å². The number of rotatable bonds is 6. The zero-order chi connectivity index (χ0) is 21.6. The summed E-state index contributed by atoms with van der Waals surface area (Å²) >= 11 is 0. The molecule has 1 unspecified atom stereocenters. The third kappa shape index (κ3) is 6.64. The van der Waals surface area contributed by atoms with Gasteiger partial charge in [-0.05, 0) is 31.2 Å². The third-order valence-corrected chi connectivity index (χ3v) is 7.37. The molecule has 0 spiro atoms. The first-order valence-electron chi connectivity index (χ1n) is 10.2. The molecular formula is C22H32IN5O2S. The lowest BCUT2D eigenvalue weighted by Gasteiger charge is -2.32. The molecule has 2 aromatic carbocycles. The van der Waals surface area contributed by atoms with Crippen molar-refractivity contribution in [2.75, 3.05) is 40.3 Å². The zero-order valence-electron chi connectivity index (χ0n) is 18.3. The molecule has 1 aliphatic heterocycles. The van der Waals surface area contributed by atoms with Crippen molar-refractivity contribution in [2.24, 2.45) is 4.99 Å². The maximum atomic E-state index is 13.2. The van der Waals surface area contributed by atoms with Gasteiger partial charge in [0.05, 0.1) is 10.9 Å². The summed E-state index contributed by atoms with van der Waals surface area (Å²) in [6.45, 7) is 4.94. The van der Waals surface area contributed by atoms with E-state index in [1.807, 2.05) is 37.4 Å². The van der Waals surface area contributed by atoms with Crippen LogP contribution < -0.4 is 10.6 Å². The lowest BCUT2D eigenvalue weighted by atomic mass is 10.1. The van der Waals surface area contributed by atoms with Crippen LogP contribution in [0.25, 0.3) is 0 Å². The van der Waals surface area contributed by atoms with Crippen molar-refractivity contribution in [3.05, 3.63) is 65.7 Å². The molecule has 1 saturated heterocycles. The highest BCUT2D eigenvalue weighted by Gasteiger charge is 2.29. The first-order chi connectivity index (χ1) is 14.4. The Balaban J connectivity index is 0.00000341. The molecule has 7 nitrogen and oxygen atoms in total. The van der Waals surface area contributed by atoms with Gasteiger partial charge in [0.15, 0.2) is 5.96 Å². The smallest absolute Gasteiger partial charge is 0.243 e. The van der Waals surface area contributed by atoms with Gasteiger partial charge in [0.1, 0.15) is 0 Å². The summed E-state index contributed by atoms with van der Waals surface area (Å²) < 4.78 is 28.0. The predicted molar refractivity (Wildman–Crippen MR) is 136 cm³/mol. The van der Waals surface area contributed by atoms with E-state index in [4.69, 9.17) is 0 Å². The molecule has 0 aromatic heterocycles. The fourth-order valence-corrected chi connectivity index (χ4v) is 5.12. The van der Waals surface area contributed by atoms with Gasteiger partial charge in [0.2, 0.25) is 10.0 Å². The predicted octanol–water partition coefficient (Wildman–Crippen LogP) is 2.67. The number of likely N-dealkylation sites (N-methyl/N-ethyl adjacent to an activating group) is 1. The largest absolute Gasteiger partial charge is 0.352 e. The molecule has 3 rings (SSSR count). The molecule has 31 heavy (non-hydrogen) atoms. The molecule has 0 saturated carbocycles. The number of guanidine groups is 1. The summed E-state index contributed by atoms with van der Waals surface area (Å²) in [5.74, 6) is 0.623. The fraction of sp³-hybridized carbons (Fsp3) is 0.409. The first kappa shape index (κ1) is 25.6. The van der Waals surface area contributed by atoms with Crippen molar-refractivity contribution < 1.29 is 8.42 Å². The number of hydrogen-bond donors (Lipinski definition) is 2. The minimum atomic E-state index is -3.53. The van der Waals surface area contributed by atoms with E-state index in [0.29, 0.717) is 30.5 Å². The zero-order valence-corrected chi connectivity index (χ0v) is 21.4. The molecule has 0 radical (unpaired) electrons. The van der Waals surface area contributed by atoms with Gasteiger partial charge >= 0.3 is 0 Å². The van der Waals surface area contributed by atoms with Crippen molar-refractivity contribution in [1.82, 2.24) is 19.8 Å². The summed E-state index contributed by atoms with van der Waals surface area (Å²) in [6, 6.07) is 17.4. The van der Waals surface area contributed by atoms with Crippen LogP contribution >= 0.6 is 24.0 Å².